The van der Waals surface area contributed by atoms with E-state index >= 15 is 0 Å². The molecule has 0 radical (unpaired) electrons. The van der Waals surface area contributed by atoms with Gasteiger partial charge in [-0.25, -0.2) is 4.79 Å². The molecule has 7 nitrogen and oxygen atoms in total. The molecule has 1 heterocycles. The number of esters is 1. The number of nitrogens with one attached hydrogen (secondary N) is 2. The van der Waals surface area contributed by atoms with Gasteiger partial charge in [-0.2, -0.15) is 5.10 Å². The first-order valence-corrected chi connectivity index (χ1v) is 9.96. The van der Waals surface area contributed by atoms with E-state index in [1.807, 2.05) is 0 Å². The maximum atomic E-state index is 12.2. The number of hydrogen-bond acceptors (Lipinski definition) is 6. The summed E-state index contributed by atoms with van der Waals surface area (Å²) in [5.74, 6) is 0.279. The van der Waals surface area contributed by atoms with Gasteiger partial charge in [-0.1, -0.05) is 19.3 Å². The van der Waals surface area contributed by atoms with Crippen molar-refractivity contribution >= 4 is 29.5 Å². The minimum absolute atomic E-state index is 0.328. The smallest absolute Gasteiger partial charge is 0.343 e. The molecule has 0 spiro atoms. The highest BCUT2D eigenvalue weighted by atomic mass is 32.1. The number of benzene rings is 1. The molecular formula is C21H24N4O3S. The summed E-state index contributed by atoms with van der Waals surface area (Å²) in [4.78, 5) is 16.1. The van der Waals surface area contributed by atoms with E-state index < -0.39 is 5.97 Å². The predicted molar refractivity (Wildman–Crippen MR) is 116 cm³/mol. The van der Waals surface area contributed by atoms with Gasteiger partial charge in [0.25, 0.3) is 0 Å². The van der Waals surface area contributed by atoms with Crippen molar-refractivity contribution in [3.05, 3.63) is 53.9 Å². The molecule has 3 rings (SSSR count). The van der Waals surface area contributed by atoms with Gasteiger partial charge in [-0.3, -0.25) is 10.4 Å². The van der Waals surface area contributed by atoms with Gasteiger partial charge in [0.1, 0.15) is 0 Å². The summed E-state index contributed by atoms with van der Waals surface area (Å²) in [5, 5.41) is 7.98. The van der Waals surface area contributed by atoms with Gasteiger partial charge in [0.15, 0.2) is 16.6 Å². The molecule has 2 aromatic rings. The van der Waals surface area contributed by atoms with Crippen molar-refractivity contribution in [1.29, 1.82) is 0 Å². The molecule has 0 saturated heterocycles. The van der Waals surface area contributed by atoms with Crippen molar-refractivity contribution in [3.63, 3.8) is 0 Å². The predicted octanol–water partition coefficient (Wildman–Crippen LogP) is 3.44. The fourth-order valence-corrected chi connectivity index (χ4v) is 3.34. The molecular weight excluding hydrogens is 388 g/mol. The monoisotopic (exact) mass is 412 g/mol. The summed E-state index contributed by atoms with van der Waals surface area (Å²) in [5.41, 5.74) is 4.03. The van der Waals surface area contributed by atoms with E-state index in [1.54, 1.807) is 36.5 Å². The van der Waals surface area contributed by atoms with Gasteiger partial charge in [-0.05, 0) is 61.0 Å². The molecule has 1 fully saturated rings. The summed E-state index contributed by atoms with van der Waals surface area (Å²) in [6.07, 6.45) is 10.8. The molecule has 0 bridgehead atoms. The van der Waals surface area contributed by atoms with Crippen LogP contribution in [-0.2, 0) is 0 Å². The Morgan fingerprint density at radius 3 is 2.66 bits per heavy atom. The number of rotatable bonds is 6. The zero-order valence-corrected chi connectivity index (χ0v) is 17.1. The molecule has 0 amide bonds. The van der Waals surface area contributed by atoms with Crippen LogP contribution >= 0.6 is 12.2 Å². The van der Waals surface area contributed by atoms with E-state index in [-0.39, 0.29) is 0 Å². The minimum Gasteiger partial charge on any atom is -0.493 e. The molecule has 0 atom stereocenters. The second-order valence-corrected chi connectivity index (χ2v) is 7.12. The van der Waals surface area contributed by atoms with E-state index in [4.69, 9.17) is 21.7 Å². The summed E-state index contributed by atoms with van der Waals surface area (Å²) >= 11 is 5.29. The van der Waals surface area contributed by atoms with Crippen LogP contribution in [0.15, 0.2) is 47.8 Å². The average Bonchev–Trinajstić information content (AvgIpc) is 2.76. The maximum Gasteiger partial charge on any atom is 0.343 e. The highest BCUT2D eigenvalue weighted by Crippen LogP contribution is 2.28. The summed E-state index contributed by atoms with van der Waals surface area (Å²) < 4.78 is 10.8. The van der Waals surface area contributed by atoms with Gasteiger partial charge in [0.2, 0.25) is 0 Å². The lowest BCUT2D eigenvalue weighted by Gasteiger charge is -2.23. The Morgan fingerprint density at radius 2 is 1.93 bits per heavy atom. The van der Waals surface area contributed by atoms with Crippen LogP contribution in [0.2, 0.25) is 0 Å². The fraction of sp³-hybridized carbons (Fsp3) is 0.333. The lowest BCUT2D eigenvalue weighted by Crippen LogP contribution is -2.40. The number of ether oxygens (including phenoxy) is 2. The first kappa shape index (κ1) is 20.7. The molecule has 29 heavy (non-hydrogen) atoms. The lowest BCUT2D eigenvalue weighted by atomic mass is 9.96. The van der Waals surface area contributed by atoms with Crippen molar-refractivity contribution in [2.75, 3.05) is 7.11 Å². The van der Waals surface area contributed by atoms with Crippen LogP contribution in [0.1, 0.15) is 48.0 Å². The minimum atomic E-state index is -0.479. The Morgan fingerprint density at radius 1 is 1.17 bits per heavy atom. The molecule has 1 saturated carbocycles. The van der Waals surface area contributed by atoms with E-state index in [0.29, 0.717) is 28.2 Å². The van der Waals surface area contributed by atoms with Crippen LogP contribution in [0.3, 0.4) is 0 Å². The Labute approximate surface area is 175 Å². The normalized spacial score (nSPS) is 14.4. The van der Waals surface area contributed by atoms with Crippen molar-refractivity contribution < 1.29 is 14.3 Å². The highest BCUT2D eigenvalue weighted by Gasteiger charge is 2.14. The number of hydrazone groups is 1. The van der Waals surface area contributed by atoms with Crippen LogP contribution in [0.25, 0.3) is 0 Å². The number of pyridine rings is 1. The first-order chi connectivity index (χ1) is 14.2. The van der Waals surface area contributed by atoms with Crippen molar-refractivity contribution in [2.45, 2.75) is 38.1 Å². The second-order valence-electron chi connectivity index (χ2n) is 6.71. The van der Waals surface area contributed by atoms with Gasteiger partial charge in [0.05, 0.1) is 18.9 Å². The van der Waals surface area contributed by atoms with Crippen LogP contribution < -0.4 is 20.2 Å². The first-order valence-electron chi connectivity index (χ1n) is 9.55. The summed E-state index contributed by atoms with van der Waals surface area (Å²) in [6.45, 7) is 0. The van der Waals surface area contributed by atoms with Crippen LogP contribution in [0.4, 0.5) is 0 Å². The number of thiocarbonyl (C=S) groups is 1. The van der Waals surface area contributed by atoms with Gasteiger partial charge >= 0.3 is 5.97 Å². The lowest BCUT2D eigenvalue weighted by molar-refractivity contribution is 0.0729. The Kier molecular flexibility index (Phi) is 7.52. The standard InChI is InChI=1S/C21H24N4O3S/c1-27-19-13-15(14-23-25-21(29)24-17-5-3-2-4-6-17)7-8-18(19)28-20(26)16-9-11-22-12-10-16/h7-14,17H,2-6H2,1H3,(H2,24,25,29)/b23-14-. The van der Waals surface area contributed by atoms with Crippen molar-refractivity contribution in [3.8, 4) is 11.5 Å². The van der Waals surface area contributed by atoms with Crippen molar-refractivity contribution in [1.82, 2.24) is 15.7 Å². The van der Waals surface area contributed by atoms with Gasteiger partial charge in [-0.15, -0.1) is 0 Å². The largest absolute Gasteiger partial charge is 0.493 e. The quantitative estimate of drug-likeness (QED) is 0.247. The topological polar surface area (TPSA) is 84.8 Å². The van der Waals surface area contributed by atoms with Gasteiger partial charge < -0.3 is 14.8 Å². The molecule has 8 heteroatoms. The van der Waals surface area contributed by atoms with E-state index in [0.717, 1.165) is 18.4 Å². The summed E-state index contributed by atoms with van der Waals surface area (Å²) in [6, 6.07) is 8.78. The second kappa shape index (κ2) is 10.5. The van der Waals surface area contributed by atoms with Crippen molar-refractivity contribution in [2.24, 2.45) is 5.10 Å². The zero-order valence-electron chi connectivity index (χ0n) is 16.3. The molecule has 0 unspecified atom stereocenters. The fourth-order valence-electron chi connectivity index (χ4n) is 3.13. The Hall–Kier alpha value is -3.00. The van der Waals surface area contributed by atoms with E-state index in [2.05, 4.69) is 20.8 Å². The number of hydrogen-bond donors (Lipinski definition) is 2. The van der Waals surface area contributed by atoms with E-state index in [1.165, 1.54) is 38.8 Å². The molecule has 1 aromatic heterocycles. The van der Waals surface area contributed by atoms with Gasteiger partial charge in [0, 0.05) is 18.4 Å². The third-order valence-corrected chi connectivity index (χ3v) is 4.84. The third kappa shape index (κ3) is 6.25. The Bertz CT molecular complexity index is 867. The van der Waals surface area contributed by atoms with E-state index in [9.17, 15) is 4.79 Å². The number of methoxy groups -OCH3 is 1. The van der Waals surface area contributed by atoms with Crippen LogP contribution in [0, 0.1) is 0 Å². The average molecular weight is 413 g/mol. The zero-order chi connectivity index (χ0) is 20.5. The number of carbonyl (C=O) groups is 1. The Balaban J connectivity index is 1.57. The van der Waals surface area contributed by atoms with Crippen LogP contribution in [-0.4, -0.2) is 35.4 Å². The summed E-state index contributed by atoms with van der Waals surface area (Å²) in [7, 11) is 1.52. The molecule has 1 aliphatic carbocycles. The van der Waals surface area contributed by atoms with Crippen LogP contribution in [0.5, 0.6) is 11.5 Å². The number of nitrogens with zero attached hydrogens (tertiary/aromatic N) is 2. The highest BCUT2D eigenvalue weighted by molar-refractivity contribution is 7.80. The molecule has 1 aromatic carbocycles. The molecule has 152 valence electrons. The molecule has 0 aliphatic heterocycles. The molecule has 1 aliphatic rings. The maximum absolute atomic E-state index is 12.2. The number of aromatic nitrogens is 1. The third-order valence-electron chi connectivity index (χ3n) is 4.63. The molecule has 2 N–H and O–H groups in total. The number of carbonyl (C=O) groups excluding carboxylic acids is 1. The SMILES string of the molecule is COc1cc(/C=N\NC(=S)NC2CCCCC2)ccc1OC(=O)c1ccncc1.